The molecule has 7 heteroatoms. The van der Waals surface area contributed by atoms with Crippen LogP contribution in [0.25, 0.3) is 93.6 Å². The molecule has 0 saturated carbocycles. The van der Waals surface area contributed by atoms with Gasteiger partial charge in [0.2, 0.25) is 0 Å². The van der Waals surface area contributed by atoms with Crippen molar-refractivity contribution in [2.45, 2.75) is 40.0 Å². The molecule has 0 fully saturated rings. The minimum atomic E-state index is -2.45. The van der Waals surface area contributed by atoms with Gasteiger partial charge < -0.3 is 4.40 Å². The molecule has 0 bridgehead atoms. The molecule has 0 aliphatic heterocycles. The van der Waals surface area contributed by atoms with Gasteiger partial charge in [-0.1, -0.05) is 81.4 Å². The summed E-state index contributed by atoms with van der Waals surface area (Å²) >= 11 is 2.08. The SMILES string of the molecule is [2H]C([2H])([2H])c1cc(-n2c3cc(Oc4cc(-n5[c](=[Pt])n(C([2H])([2H])[2H])c6ccccc65)ccc4C)ccc3c3cc4c5cccc6c7ccccc7n(c4cc32)c65)ncc1-c1ccc(C(C)(C)C)cc1. The van der Waals surface area contributed by atoms with E-state index in [1.165, 1.54) is 20.9 Å². The van der Waals surface area contributed by atoms with E-state index in [1.807, 2.05) is 78.2 Å². The van der Waals surface area contributed by atoms with Crippen molar-refractivity contribution in [3.8, 4) is 34.1 Å². The van der Waals surface area contributed by atoms with E-state index in [1.54, 1.807) is 12.3 Å². The molecule has 6 nitrogen and oxygen atoms in total. The fourth-order valence-electron chi connectivity index (χ4n) is 9.50. The first-order valence-electron chi connectivity index (χ1n) is 23.7. The van der Waals surface area contributed by atoms with Gasteiger partial charge in [0.05, 0.1) is 16.6 Å². The summed E-state index contributed by atoms with van der Waals surface area (Å²) in [4.78, 5) is 5.10. The summed E-state index contributed by atoms with van der Waals surface area (Å²) in [6.07, 6.45) is 1.70. The molecule has 0 radical (unpaired) electrons. The van der Waals surface area contributed by atoms with Gasteiger partial charge in [-0.2, -0.15) is 0 Å². The third-order valence-corrected chi connectivity index (χ3v) is 13.6. The number of aromatic nitrogens is 5. The van der Waals surface area contributed by atoms with Crippen LogP contribution in [0.5, 0.6) is 11.5 Å². The Morgan fingerprint density at radius 3 is 2.10 bits per heavy atom. The predicted octanol–water partition coefficient (Wildman–Crippen LogP) is 14.1. The Morgan fingerprint density at radius 2 is 1.31 bits per heavy atom. The van der Waals surface area contributed by atoms with Crippen molar-refractivity contribution in [1.29, 1.82) is 0 Å². The number of hydrogen-bond donors (Lipinski definition) is 0. The van der Waals surface area contributed by atoms with Crippen molar-refractivity contribution < 1.29 is 32.3 Å². The second-order valence-electron chi connectivity index (χ2n) is 17.3. The maximum atomic E-state index is 8.84. The van der Waals surface area contributed by atoms with E-state index in [0.717, 1.165) is 71.5 Å². The predicted molar refractivity (Wildman–Crippen MR) is 252 cm³/mol. The van der Waals surface area contributed by atoms with E-state index >= 15 is 0 Å². The van der Waals surface area contributed by atoms with Crippen LogP contribution in [0, 0.1) is 17.6 Å². The molecule has 12 rings (SSSR count). The Morgan fingerprint density at radius 1 is 0.597 bits per heavy atom. The first-order valence-corrected chi connectivity index (χ1v) is 21.8. The zero-order valence-electron chi connectivity index (χ0n) is 40.4. The van der Waals surface area contributed by atoms with Gasteiger partial charge in [-0.15, -0.1) is 0 Å². The molecule has 0 atom stereocenters. The van der Waals surface area contributed by atoms with Crippen LogP contribution >= 0.6 is 0 Å². The summed E-state index contributed by atoms with van der Waals surface area (Å²) in [7, 11) is 0. The molecule has 5 heterocycles. The summed E-state index contributed by atoms with van der Waals surface area (Å²) in [6, 6.07) is 48.7. The summed E-state index contributed by atoms with van der Waals surface area (Å²) in [5.41, 5.74) is 10.6. The minimum absolute atomic E-state index is 0.0604. The molecule has 62 heavy (non-hydrogen) atoms. The van der Waals surface area contributed by atoms with Crippen LogP contribution < -0.4 is 4.74 Å². The van der Waals surface area contributed by atoms with Crippen LogP contribution in [0.3, 0.4) is 0 Å². The second kappa shape index (κ2) is 13.4. The number of pyridine rings is 1. The summed E-state index contributed by atoms with van der Waals surface area (Å²) in [5.74, 6) is 1.63. The van der Waals surface area contributed by atoms with Crippen molar-refractivity contribution in [3.63, 3.8) is 0 Å². The average Bonchev–Trinajstić information content (AvgIpc) is 4.01. The van der Waals surface area contributed by atoms with Crippen LogP contribution in [0.4, 0.5) is 0 Å². The van der Waals surface area contributed by atoms with E-state index in [9.17, 15) is 0 Å². The summed E-state index contributed by atoms with van der Waals surface area (Å²) < 4.78 is 66.6. The van der Waals surface area contributed by atoms with Crippen LogP contribution in [0.2, 0.25) is 0 Å². The third kappa shape index (κ3) is 5.39. The molecule has 0 aliphatic carbocycles. The number of rotatable bonds is 5. The monoisotopic (exact) mass is 990 g/mol. The Balaban J connectivity index is 1.08. The first-order chi connectivity index (χ1) is 32.5. The quantitative estimate of drug-likeness (QED) is 0.172. The van der Waals surface area contributed by atoms with Crippen molar-refractivity contribution in [2.75, 3.05) is 0 Å². The van der Waals surface area contributed by atoms with Gasteiger partial charge in [0.15, 0.2) is 0 Å². The number of fused-ring (bicyclic) bond motifs is 10. The molecule has 0 spiro atoms. The normalized spacial score (nSPS) is 14.3. The minimum Gasteiger partial charge on any atom is -0.0579 e. The number of aryl methyl sites for hydroxylation is 3. The molecule has 0 saturated heterocycles. The molecular weight excluding hydrogens is 942 g/mol. The van der Waals surface area contributed by atoms with Crippen LogP contribution in [-0.4, -0.2) is 23.1 Å². The van der Waals surface area contributed by atoms with Gasteiger partial charge in [0.1, 0.15) is 0 Å². The molecule has 0 amide bonds. The Labute approximate surface area is 378 Å². The van der Waals surface area contributed by atoms with E-state index in [0.29, 0.717) is 32.2 Å². The second-order valence-corrected chi connectivity index (χ2v) is 18.3. The van der Waals surface area contributed by atoms with Gasteiger partial charge in [-0.3, -0.25) is 0 Å². The Hall–Kier alpha value is -6.75. The molecule has 5 aromatic heterocycles. The van der Waals surface area contributed by atoms with Crippen molar-refractivity contribution >= 4 is 70.9 Å². The van der Waals surface area contributed by atoms with Crippen LogP contribution in [-0.2, 0) is 31.7 Å². The number of ether oxygens (including phenoxy) is 1. The van der Waals surface area contributed by atoms with Crippen molar-refractivity contribution in [1.82, 2.24) is 23.1 Å². The Bertz CT molecular complexity index is 4110. The number of para-hydroxylation sites is 4. The zero-order valence-corrected chi connectivity index (χ0v) is 36.7. The smallest absolute Gasteiger partial charge is 0.0579 e. The maximum absolute atomic E-state index is 8.84. The molecule has 0 unspecified atom stereocenters. The number of benzene rings is 7. The van der Waals surface area contributed by atoms with E-state index in [4.69, 9.17) is 17.9 Å². The summed E-state index contributed by atoms with van der Waals surface area (Å²) in [6.45, 7) is 3.62. The fourth-order valence-corrected chi connectivity index (χ4v) is 10.3. The molecule has 0 N–H and O–H groups in total. The molecular formula is C55H43N5OPt. The average molecular weight is 991 g/mol. The van der Waals surface area contributed by atoms with Gasteiger partial charge in [-0.05, 0) is 35.0 Å². The van der Waals surface area contributed by atoms with Crippen LogP contribution in [0.1, 0.15) is 45.7 Å². The third-order valence-electron chi connectivity index (χ3n) is 12.6. The van der Waals surface area contributed by atoms with E-state index in [-0.39, 0.29) is 11.0 Å². The molecule has 0 aliphatic rings. The zero-order chi connectivity index (χ0) is 47.2. The van der Waals surface area contributed by atoms with E-state index in [2.05, 4.69) is 122 Å². The van der Waals surface area contributed by atoms with Crippen molar-refractivity contribution in [2.24, 2.45) is 6.98 Å². The standard InChI is InChI=1S/C55H43N5O.Pt/c1-33-18-23-37(58-32-57(6)47-16-9-10-17-48(47)58)27-52(33)61-38-24-25-40-43-29-44-42-14-11-13-41-39-12-7-8-15-46(39)60(54(41)42)51(44)30-50(43)59(49(40)28-38)53-26-34(2)45(31-56-53)35-19-21-36(22-20-35)55(3,4)5;/h7-31H,1-6H3;/i2D3,6D3;. The van der Waals surface area contributed by atoms with Gasteiger partial charge in [-0.25, -0.2) is 0 Å². The topological polar surface area (TPSA) is 41.3 Å². The summed E-state index contributed by atoms with van der Waals surface area (Å²) in [5, 5.41) is 6.60. The van der Waals surface area contributed by atoms with Gasteiger partial charge >= 0.3 is 205 Å². The van der Waals surface area contributed by atoms with Gasteiger partial charge in [0.25, 0.3) is 0 Å². The molecule has 7 aromatic carbocycles. The first kappa shape index (κ1) is 31.1. The molecule has 304 valence electrons. The van der Waals surface area contributed by atoms with Crippen LogP contribution in [0.15, 0.2) is 152 Å². The van der Waals surface area contributed by atoms with E-state index < -0.39 is 13.8 Å². The number of nitrogens with zero attached hydrogens (tertiary/aromatic N) is 5. The van der Waals surface area contributed by atoms with Crippen molar-refractivity contribution in [3.05, 3.63) is 172 Å². The van der Waals surface area contributed by atoms with Gasteiger partial charge in [0, 0.05) is 37.4 Å². The Kier molecular flexibility index (Phi) is 6.72. The fraction of sp³-hybridized carbons (Fsp3) is 0.127. The number of imidazole rings is 1. The number of hydrogen-bond acceptors (Lipinski definition) is 2. The molecule has 12 aromatic rings.